The highest BCUT2D eigenvalue weighted by Crippen LogP contribution is 2.29. The van der Waals surface area contributed by atoms with Gasteiger partial charge in [-0.1, -0.05) is 12.1 Å². The van der Waals surface area contributed by atoms with Gasteiger partial charge >= 0.3 is 0 Å². The maximum absolute atomic E-state index is 12.4. The van der Waals surface area contributed by atoms with Gasteiger partial charge in [0.15, 0.2) is 0 Å². The molecule has 2 rings (SSSR count). The zero-order chi connectivity index (χ0) is 19.5. The van der Waals surface area contributed by atoms with Gasteiger partial charge < -0.3 is 20.1 Å². The molecule has 0 bridgehead atoms. The normalized spacial score (nSPS) is 19.3. The standard InChI is InChI=1S/C21H32N2O4/c1-26-14-4-12-22-20(24)17-7-9-18(10-8-17)21(25)23-13-11-16-5-3-6-19(15-16)27-2/h3,5-6,15,17-18H,4,7-14H2,1-2H3,(H,22,24)(H,23,25). The fourth-order valence-corrected chi connectivity index (χ4v) is 3.49. The molecule has 0 unspecified atom stereocenters. The van der Waals surface area contributed by atoms with Crippen LogP contribution < -0.4 is 15.4 Å². The number of methoxy groups -OCH3 is 2. The number of carbonyl (C=O) groups is 2. The second-order valence-electron chi connectivity index (χ2n) is 7.08. The van der Waals surface area contributed by atoms with E-state index < -0.39 is 0 Å². The molecule has 0 aliphatic heterocycles. The summed E-state index contributed by atoms with van der Waals surface area (Å²) in [6.07, 6.45) is 4.73. The Balaban J connectivity index is 1.65. The molecule has 0 radical (unpaired) electrons. The van der Waals surface area contributed by atoms with Crippen LogP contribution >= 0.6 is 0 Å². The van der Waals surface area contributed by atoms with Crippen molar-refractivity contribution in [1.82, 2.24) is 10.6 Å². The van der Waals surface area contributed by atoms with Crippen LogP contribution in [0.4, 0.5) is 0 Å². The fraction of sp³-hybridized carbons (Fsp3) is 0.619. The second-order valence-corrected chi connectivity index (χ2v) is 7.08. The zero-order valence-corrected chi connectivity index (χ0v) is 16.5. The van der Waals surface area contributed by atoms with Gasteiger partial charge in [-0.15, -0.1) is 0 Å². The van der Waals surface area contributed by atoms with Gasteiger partial charge in [0.2, 0.25) is 11.8 Å². The SMILES string of the molecule is COCCCNC(=O)C1CCC(C(=O)NCCc2cccc(OC)c2)CC1. The van der Waals surface area contributed by atoms with E-state index in [-0.39, 0.29) is 23.7 Å². The number of ether oxygens (including phenoxy) is 2. The van der Waals surface area contributed by atoms with Crippen molar-refractivity contribution in [3.63, 3.8) is 0 Å². The Hall–Kier alpha value is -2.08. The smallest absolute Gasteiger partial charge is 0.223 e. The Morgan fingerprint density at radius 1 is 1.00 bits per heavy atom. The highest BCUT2D eigenvalue weighted by Gasteiger charge is 2.29. The van der Waals surface area contributed by atoms with E-state index in [0.717, 1.165) is 49.8 Å². The summed E-state index contributed by atoms with van der Waals surface area (Å²) in [6.45, 7) is 1.92. The summed E-state index contributed by atoms with van der Waals surface area (Å²) in [5.74, 6) is 1.11. The maximum atomic E-state index is 12.4. The van der Waals surface area contributed by atoms with E-state index in [1.165, 1.54) is 0 Å². The summed E-state index contributed by atoms with van der Waals surface area (Å²) >= 11 is 0. The first-order valence-electron chi connectivity index (χ1n) is 9.81. The van der Waals surface area contributed by atoms with Crippen LogP contribution in [-0.2, 0) is 20.7 Å². The van der Waals surface area contributed by atoms with Crippen LogP contribution in [0.3, 0.4) is 0 Å². The van der Waals surface area contributed by atoms with Crippen molar-refractivity contribution >= 4 is 11.8 Å². The topological polar surface area (TPSA) is 76.7 Å². The van der Waals surface area contributed by atoms with E-state index in [1.807, 2.05) is 24.3 Å². The third kappa shape index (κ3) is 7.21. The molecule has 1 fully saturated rings. The van der Waals surface area contributed by atoms with Crippen LogP contribution in [0.15, 0.2) is 24.3 Å². The molecule has 1 aliphatic carbocycles. The van der Waals surface area contributed by atoms with Crippen LogP contribution in [-0.4, -0.2) is 45.7 Å². The summed E-state index contributed by atoms with van der Waals surface area (Å²) in [4.78, 5) is 24.5. The van der Waals surface area contributed by atoms with Crippen molar-refractivity contribution in [3.8, 4) is 5.75 Å². The molecule has 0 saturated heterocycles. The first-order valence-corrected chi connectivity index (χ1v) is 9.81. The molecule has 1 aromatic rings. The Morgan fingerprint density at radius 3 is 2.22 bits per heavy atom. The molecule has 0 aromatic heterocycles. The number of hydrogen-bond acceptors (Lipinski definition) is 4. The lowest BCUT2D eigenvalue weighted by Crippen LogP contribution is -2.38. The van der Waals surface area contributed by atoms with Crippen LogP contribution in [0, 0.1) is 11.8 Å². The average Bonchev–Trinajstić information content (AvgIpc) is 2.71. The molecule has 1 aromatic carbocycles. The van der Waals surface area contributed by atoms with Gasteiger partial charge in [0, 0.05) is 38.6 Å². The lowest BCUT2D eigenvalue weighted by Gasteiger charge is -2.27. The summed E-state index contributed by atoms with van der Waals surface area (Å²) in [6, 6.07) is 7.89. The van der Waals surface area contributed by atoms with Crippen molar-refractivity contribution in [2.75, 3.05) is 33.9 Å². The van der Waals surface area contributed by atoms with Gasteiger partial charge in [-0.3, -0.25) is 9.59 Å². The van der Waals surface area contributed by atoms with E-state index >= 15 is 0 Å². The lowest BCUT2D eigenvalue weighted by atomic mass is 9.81. The van der Waals surface area contributed by atoms with Crippen molar-refractivity contribution in [1.29, 1.82) is 0 Å². The minimum atomic E-state index is 0.0212. The quantitative estimate of drug-likeness (QED) is 0.615. The lowest BCUT2D eigenvalue weighted by molar-refractivity contribution is -0.130. The first-order chi connectivity index (χ1) is 13.1. The van der Waals surface area contributed by atoms with Crippen LogP contribution in [0.1, 0.15) is 37.7 Å². The van der Waals surface area contributed by atoms with Crippen LogP contribution in [0.5, 0.6) is 5.75 Å². The summed E-state index contributed by atoms with van der Waals surface area (Å²) in [5.41, 5.74) is 1.14. The molecule has 2 amide bonds. The van der Waals surface area contributed by atoms with Gasteiger partial charge in [-0.25, -0.2) is 0 Å². The minimum absolute atomic E-state index is 0.0212. The number of benzene rings is 1. The highest BCUT2D eigenvalue weighted by molar-refractivity contribution is 5.81. The summed E-state index contributed by atoms with van der Waals surface area (Å²) in [5, 5.41) is 6.00. The molecule has 6 nitrogen and oxygen atoms in total. The zero-order valence-electron chi connectivity index (χ0n) is 16.5. The monoisotopic (exact) mass is 376 g/mol. The Morgan fingerprint density at radius 2 is 1.63 bits per heavy atom. The van der Waals surface area contributed by atoms with Gasteiger partial charge in [0.25, 0.3) is 0 Å². The fourth-order valence-electron chi connectivity index (χ4n) is 3.49. The number of rotatable bonds is 10. The van der Waals surface area contributed by atoms with E-state index in [2.05, 4.69) is 10.6 Å². The summed E-state index contributed by atoms with van der Waals surface area (Å²) < 4.78 is 10.2. The molecule has 150 valence electrons. The molecular weight excluding hydrogens is 344 g/mol. The molecule has 0 heterocycles. The van der Waals surface area contributed by atoms with E-state index in [1.54, 1.807) is 14.2 Å². The predicted octanol–water partition coefficient (Wildman–Crippen LogP) is 2.31. The van der Waals surface area contributed by atoms with Gasteiger partial charge in [-0.2, -0.15) is 0 Å². The van der Waals surface area contributed by atoms with E-state index in [0.29, 0.717) is 19.7 Å². The maximum Gasteiger partial charge on any atom is 0.223 e. The predicted molar refractivity (Wildman–Crippen MR) is 105 cm³/mol. The van der Waals surface area contributed by atoms with Crippen molar-refractivity contribution in [2.24, 2.45) is 11.8 Å². The van der Waals surface area contributed by atoms with Gasteiger partial charge in [0.05, 0.1) is 7.11 Å². The number of carbonyl (C=O) groups excluding carboxylic acids is 2. The van der Waals surface area contributed by atoms with E-state index in [4.69, 9.17) is 9.47 Å². The molecule has 1 saturated carbocycles. The number of nitrogens with one attached hydrogen (secondary N) is 2. The Bertz CT molecular complexity index is 598. The average molecular weight is 376 g/mol. The molecule has 6 heteroatoms. The first kappa shape index (κ1) is 21.2. The molecule has 27 heavy (non-hydrogen) atoms. The molecule has 1 aliphatic rings. The number of amides is 2. The van der Waals surface area contributed by atoms with Crippen molar-refractivity contribution in [3.05, 3.63) is 29.8 Å². The second kappa shape index (κ2) is 11.6. The Kier molecular flexibility index (Phi) is 9.11. The number of hydrogen-bond donors (Lipinski definition) is 2. The molecule has 0 spiro atoms. The molecular formula is C21H32N2O4. The van der Waals surface area contributed by atoms with Crippen LogP contribution in [0.25, 0.3) is 0 Å². The van der Waals surface area contributed by atoms with Gasteiger partial charge in [-0.05, 0) is 56.2 Å². The Labute approximate surface area is 162 Å². The van der Waals surface area contributed by atoms with Crippen LogP contribution in [0.2, 0.25) is 0 Å². The highest BCUT2D eigenvalue weighted by atomic mass is 16.5. The molecule has 2 N–H and O–H groups in total. The minimum Gasteiger partial charge on any atom is -0.497 e. The van der Waals surface area contributed by atoms with E-state index in [9.17, 15) is 9.59 Å². The third-order valence-electron chi connectivity index (χ3n) is 5.14. The largest absolute Gasteiger partial charge is 0.497 e. The summed E-state index contributed by atoms with van der Waals surface area (Å²) in [7, 11) is 3.31. The van der Waals surface area contributed by atoms with Crippen molar-refractivity contribution in [2.45, 2.75) is 38.5 Å². The third-order valence-corrected chi connectivity index (χ3v) is 5.14. The van der Waals surface area contributed by atoms with Gasteiger partial charge in [0.1, 0.15) is 5.75 Å². The molecule has 0 atom stereocenters. The van der Waals surface area contributed by atoms with Crippen molar-refractivity contribution < 1.29 is 19.1 Å².